The van der Waals surface area contributed by atoms with Crippen molar-refractivity contribution < 1.29 is 28.9 Å². The van der Waals surface area contributed by atoms with Crippen LogP contribution in [0.3, 0.4) is 0 Å². The summed E-state index contributed by atoms with van der Waals surface area (Å²) < 4.78 is 17.8. The molecule has 7 nitrogen and oxygen atoms in total. The predicted molar refractivity (Wildman–Crippen MR) is 134 cm³/mol. The van der Waals surface area contributed by atoms with E-state index in [2.05, 4.69) is 6.92 Å². The van der Waals surface area contributed by atoms with Crippen LogP contribution in [0, 0.1) is 30.1 Å². The van der Waals surface area contributed by atoms with Crippen LogP contribution in [0.25, 0.3) is 11.6 Å². The fraction of sp³-hybridized carbons (Fsp3) is 0.600. The van der Waals surface area contributed by atoms with E-state index < -0.39 is 27.8 Å². The molecule has 0 bridgehead atoms. The van der Waals surface area contributed by atoms with Gasteiger partial charge >= 0.3 is 11.6 Å². The summed E-state index contributed by atoms with van der Waals surface area (Å²) in [6.45, 7) is 9.67. The Morgan fingerprint density at radius 3 is 2.49 bits per heavy atom. The van der Waals surface area contributed by atoms with E-state index in [0.717, 1.165) is 24.0 Å². The second-order valence-corrected chi connectivity index (χ2v) is 13.1. The summed E-state index contributed by atoms with van der Waals surface area (Å²) in [5, 5.41) is 25.6. The van der Waals surface area contributed by atoms with Crippen molar-refractivity contribution in [3.05, 3.63) is 56.5 Å². The van der Waals surface area contributed by atoms with E-state index in [9.17, 15) is 19.8 Å². The molecule has 196 valence electrons. The summed E-state index contributed by atoms with van der Waals surface area (Å²) in [7, 11) is 0. The van der Waals surface area contributed by atoms with E-state index >= 15 is 0 Å². The fourth-order valence-electron chi connectivity index (χ4n) is 9.15. The minimum Gasteiger partial charge on any atom is -0.456 e. The van der Waals surface area contributed by atoms with Crippen LogP contribution in [0.5, 0.6) is 0 Å². The first kappa shape index (κ1) is 23.6. The molecule has 3 fully saturated rings. The molecular weight excluding hydrogens is 472 g/mol. The molecule has 2 N–H and O–H groups in total. The third-order valence-electron chi connectivity index (χ3n) is 10.8. The summed E-state index contributed by atoms with van der Waals surface area (Å²) in [6.07, 6.45) is 9.40. The van der Waals surface area contributed by atoms with E-state index in [1.165, 1.54) is 6.08 Å². The van der Waals surface area contributed by atoms with Crippen LogP contribution in [0.1, 0.15) is 58.9 Å². The highest BCUT2D eigenvalue weighted by Crippen LogP contribution is 2.73. The minimum atomic E-state index is -1.36. The molecule has 0 radical (unpaired) electrons. The molecule has 2 saturated carbocycles. The number of aliphatic hydroxyl groups is 2. The standard InChI is InChI=1S/C30H34O7/c1-15-10-18-12-29(34)21-13-28(33)11-17-6-9-23(31)37-26(3,4)19(17)7-8-20(28)27(21,5)14-22-30(29,36-22)16(2)24(18)35-25(15)32/h6,9-12,19-22,33-34H,7-8,13-14H2,1-5H3/t19-,20+,21-,22+,27+,28-,29-,30+/m1/s1. The smallest absolute Gasteiger partial charge is 0.339 e. The Kier molecular flexibility index (Phi) is 4.30. The Balaban J connectivity index is 1.40. The van der Waals surface area contributed by atoms with Gasteiger partial charge in [-0.25, -0.2) is 9.59 Å². The van der Waals surface area contributed by atoms with Crippen molar-refractivity contribution in [2.24, 2.45) is 23.2 Å². The minimum absolute atomic E-state index is 0.0237. The number of epoxide rings is 1. The van der Waals surface area contributed by atoms with E-state index in [1.54, 1.807) is 19.1 Å². The van der Waals surface area contributed by atoms with Crippen molar-refractivity contribution >= 4 is 17.6 Å². The van der Waals surface area contributed by atoms with Gasteiger partial charge in [-0.1, -0.05) is 13.0 Å². The van der Waals surface area contributed by atoms with Crippen molar-refractivity contribution in [3.63, 3.8) is 0 Å². The number of fused-ring (bicyclic) bond motifs is 6. The SMILES string of the molecule is CC1=c2oc(=O)c(C)cc2=C[C@@]2(O)[C@@H]3C[C@]4(O)C=C5C=CC(=O)OC(C)(C)[C@@H]5CC[C@H]4[C@]3(C)C[C@@H]3O[C@@]132. The molecular formula is C30H34O7. The number of cyclic esters (lactones) is 1. The van der Waals surface area contributed by atoms with Gasteiger partial charge in [0.2, 0.25) is 0 Å². The summed E-state index contributed by atoms with van der Waals surface area (Å²) in [5.41, 5.74) is -2.27. The number of aryl methyl sites for hydroxylation is 1. The lowest BCUT2D eigenvalue weighted by atomic mass is 9.53. The van der Waals surface area contributed by atoms with Crippen LogP contribution in [-0.2, 0) is 14.3 Å². The molecule has 4 aliphatic carbocycles. The number of allylic oxidation sites excluding steroid dienone is 1. The van der Waals surface area contributed by atoms with Crippen molar-refractivity contribution in [2.75, 3.05) is 0 Å². The maximum Gasteiger partial charge on any atom is 0.339 e. The molecule has 1 aromatic heterocycles. The number of carbonyl (C=O) groups is 1. The number of hydrogen-bond acceptors (Lipinski definition) is 7. The van der Waals surface area contributed by atoms with Crippen molar-refractivity contribution in [2.45, 2.75) is 88.8 Å². The predicted octanol–water partition coefficient (Wildman–Crippen LogP) is 1.79. The normalized spacial score (nSPS) is 46.4. The van der Waals surface area contributed by atoms with Gasteiger partial charge in [0, 0.05) is 34.3 Å². The van der Waals surface area contributed by atoms with Gasteiger partial charge in [0.25, 0.3) is 0 Å². The van der Waals surface area contributed by atoms with Gasteiger partial charge in [0.1, 0.15) is 16.6 Å². The van der Waals surface area contributed by atoms with Crippen molar-refractivity contribution in [3.8, 4) is 0 Å². The molecule has 1 saturated heterocycles. The van der Waals surface area contributed by atoms with Crippen LogP contribution < -0.4 is 16.3 Å². The van der Waals surface area contributed by atoms with E-state index in [0.29, 0.717) is 29.0 Å². The molecule has 2 aliphatic heterocycles. The molecule has 8 atom stereocenters. The van der Waals surface area contributed by atoms with Crippen LogP contribution in [0.2, 0.25) is 0 Å². The number of esters is 1. The first-order valence-corrected chi connectivity index (χ1v) is 13.4. The molecule has 37 heavy (non-hydrogen) atoms. The van der Waals surface area contributed by atoms with E-state index in [-0.39, 0.29) is 35.5 Å². The highest BCUT2D eigenvalue weighted by atomic mass is 16.6. The van der Waals surface area contributed by atoms with Crippen molar-refractivity contribution in [1.29, 1.82) is 0 Å². The Hall–Kier alpha value is -2.48. The summed E-state index contributed by atoms with van der Waals surface area (Å²) in [5.74, 6) is -0.768. The number of hydrogen-bond donors (Lipinski definition) is 2. The number of rotatable bonds is 0. The maximum absolute atomic E-state index is 12.6. The molecule has 1 spiro atoms. The van der Waals surface area contributed by atoms with Gasteiger partial charge in [-0.15, -0.1) is 0 Å². The van der Waals surface area contributed by atoms with Crippen LogP contribution in [-0.4, -0.2) is 44.7 Å². The molecule has 6 aliphatic rings. The van der Waals surface area contributed by atoms with Gasteiger partial charge < -0.3 is 24.1 Å². The molecule has 7 rings (SSSR count). The quantitative estimate of drug-likeness (QED) is 0.408. The van der Waals surface area contributed by atoms with Gasteiger partial charge in [0.05, 0.1) is 11.7 Å². The maximum atomic E-state index is 12.6. The zero-order valence-electron chi connectivity index (χ0n) is 22.0. The van der Waals surface area contributed by atoms with Crippen LogP contribution >= 0.6 is 0 Å². The molecule has 0 amide bonds. The summed E-state index contributed by atoms with van der Waals surface area (Å²) in [6, 6.07) is 1.78. The first-order valence-electron chi connectivity index (χ1n) is 13.4. The Morgan fingerprint density at radius 1 is 0.973 bits per heavy atom. The highest BCUT2D eigenvalue weighted by molar-refractivity contribution is 5.83. The number of ether oxygens (including phenoxy) is 2. The molecule has 7 heteroatoms. The van der Waals surface area contributed by atoms with Gasteiger partial charge in [0.15, 0.2) is 5.60 Å². The van der Waals surface area contributed by atoms with E-state index in [4.69, 9.17) is 13.9 Å². The lowest BCUT2D eigenvalue weighted by Gasteiger charge is -2.51. The number of carbonyl (C=O) groups excluding carboxylic acids is 1. The largest absolute Gasteiger partial charge is 0.456 e. The zero-order valence-corrected chi connectivity index (χ0v) is 22.0. The average Bonchev–Trinajstić information content (AvgIpc) is 3.51. The Bertz CT molecular complexity index is 1510. The average molecular weight is 507 g/mol. The fourth-order valence-corrected chi connectivity index (χ4v) is 9.15. The lowest BCUT2D eigenvalue weighted by Crippen LogP contribution is -2.63. The van der Waals surface area contributed by atoms with Crippen LogP contribution in [0.15, 0.2) is 39.1 Å². The monoisotopic (exact) mass is 506 g/mol. The van der Waals surface area contributed by atoms with Gasteiger partial charge in [-0.2, -0.15) is 0 Å². The second kappa shape index (κ2) is 6.74. The summed E-state index contributed by atoms with van der Waals surface area (Å²) in [4.78, 5) is 24.5. The van der Waals surface area contributed by atoms with Crippen molar-refractivity contribution in [1.82, 2.24) is 0 Å². The zero-order chi connectivity index (χ0) is 26.3. The molecule has 3 heterocycles. The first-order chi connectivity index (χ1) is 17.3. The lowest BCUT2D eigenvalue weighted by molar-refractivity contribution is -0.153. The molecule has 0 aromatic carbocycles. The molecule has 1 aromatic rings. The third kappa shape index (κ3) is 2.73. The summed E-state index contributed by atoms with van der Waals surface area (Å²) >= 11 is 0. The van der Waals surface area contributed by atoms with Gasteiger partial charge in [-0.05, 0) is 88.5 Å². The van der Waals surface area contributed by atoms with E-state index in [1.807, 2.05) is 32.9 Å². The second-order valence-electron chi connectivity index (χ2n) is 13.1. The Labute approximate surface area is 215 Å². The van der Waals surface area contributed by atoms with Crippen LogP contribution in [0.4, 0.5) is 0 Å². The Morgan fingerprint density at radius 2 is 1.73 bits per heavy atom. The highest BCUT2D eigenvalue weighted by Gasteiger charge is 2.81. The topological polar surface area (TPSA) is 110 Å². The van der Waals surface area contributed by atoms with Gasteiger partial charge in [-0.3, -0.25) is 0 Å². The third-order valence-corrected chi connectivity index (χ3v) is 10.8. The molecule has 0 unspecified atom stereocenters.